The molecule has 0 bridgehead atoms. The van der Waals surface area contributed by atoms with Crippen LogP contribution in [0.25, 0.3) is 6.08 Å². The molecule has 0 fully saturated rings. The Balaban J connectivity index is 1.99. The van der Waals surface area contributed by atoms with Gasteiger partial charge in [0.25, 0.3) is 0 Å². The first-order chi connectivity index (χ1) is 9.04. The first kappa shape index (κ1) is 13.6. The van der Waals surface area contributed by atoms with Crippen molar-refractivity contribution in [1.29, 1.82) is 0 Å². The number of carbonyl (C=O) groups is 1. The van der Waals surface area contributed by atoms with Crippen molar-refractivity contribution in [1.82, 2.24) is 0 Å². The Labute approximate surface area is 117 Å². The average molecular weight is 271 g/mol. The van der Waals surface area contributed by atoms with E-state index in [1.165, 1.54) is 16.0 Å². The van der Waals surface area contributed by atoms with Crippen LogP contribution < -0.4 is 5.32 Å². The number of benzene rings is 1. The largest absolute Gasteiger partial charge is 0.314 e. The molecular weight excluding hydrogens is 254 g/mol. The molecule has 3 heteroatoms. The van der Waals surface area contributed by atoms with Crippen molar-refractivity contribution >= 4 is 28.3 Å². The van der Waals surface area contributed by atoms with Gasteiger partial charge in [-0.3, -0.25) is 4.79 Å². The molecule has 1 aromatic carbocycles. The molecule has 1 N–H and O–H groups in total. The van der Waals surface area contributed by atoms with E-state index in [0.29, 0.717) is 0 Å². The van der Waals surface area contributed by atoms with Gasteiger partial charge >= 0.3 is 0 Å². The summed E-state index contributed by atoms with van der Waals surface area (Å²) in [4.78, 5) is 13.0. The van der Waals surface area contributed by atoms with Gasteiger partial charge < -0.3 is 5.32 Å². The van der Waals surface area contributed by atoms with Crippen molar-refractivity contribution in [2.75, 3.05) is 5.32 Å². The lowest BCUT2D eigenvalue weighted by Gasteiger charge is -1.97. The monoisotopic (exact) mass is 271 g/mol. The van der Waals surface area contributed by atoms with Crippen molar-refractivity contribution in [2.24, 2.45) is 0 Å². The summed E-state index contributed by atoms with van der Waals surface area (Å²) in [6.45, 7) is 6.14. The van der Waals surface area contributed by atoms with Crippen molar-refractivity contribution in [3.8, 4) is 0 Å². The summed E-state index contributed by atoms with van der Waals surface area (Å²) in [6, 6.07) is 10.1. The second-order valence-corrected chi connectivity index (χ2v) is 5.84. The number of thiophene rings is 1. The Morgan fingerprint density at radius 3 is 2.42 bits per heavy atom. The van der Waals surface area contributed by atoms with Crippen LogP contribution in [0, 0.1) is 20.8 Å². The van der Waals surface area contributed by atoms with Crippen LogP contribution in [0.1, 0.15) is 21.6 Å². The van der Waals surface area contributed by atoms with Gasteiger partial charge in [0.2, 0.25) is 5.91 Å². The smallest absolute Gasteiger partial charge is 0.248 e. The van der Waals surface area contributed by atoms with E-state index in [9.17, 15) is 4.79 Å². The third-order valence-corrected chi connectivity index (χ3v) is 3.98. The molecule has 0 saturated heterocycles. The molecule has 2 aromatic rings. The van der Waals surface area contributed by atoms with Crippen molar-refractivity contribution in [3.05, 3.63) is 58.0 Å². The molecule has 0 saturated carbocycles. The lowest BCUT2D eigenvalue weighted by Crippen LogP contribution is -2.05. The maximum Gasteiger partial charge on any atom is 0.248 e. The molecule has 0 spiro atoms. The van der Waals surface area contributed by atoms with Gasteiger partial charge in [0.1, 0.15) is 0 Å². The molecule has 1 amide bonds. The zero-order valence-corrected chi connectivity index (χ0v) is 12.2. The number of hydrogen-bond donors (Lipinski definition) is 1. The number of carbonyl (C=O) groups excluding carboxylic acids is 1. The van der Waals surface area contributed by atoms with E-state index in [-0.39, 0.29) is 5.91 Å². The van der Waals surface area contributed by atoms with Crippen LogP contribution in [0.3, 0.4) is 0 Å². The van der Waals surface area contributed by atoms with Crippen LogP contribution >= 0.6 is 11.3 Å². The molecule has 98 valence electrons. The lowest BCUT2D eigenvalue weighted by molar-refractivity contribution is -0.111. The number of rotatable bonds is 3. The molecule has 0 aliphatic rings. The van der Waals surface area contributed by atoms with Gasteiger partial charge in [0, 0.05) is 11.0 Å². The normalized spacial score (nSPS) is 10.9. The van der Waals surface area contributed by atoms with Gasteiger partial charge in [-0.2, -0.15) is 0 Å². The summed E-state index contributed by atoms with van der Waals surface area (Å²) in [5.74, 6) is -0.0955. The van der Waals surface area contributed by atoms with E-state index in [1.807, 2.05) is 50.3 Å². The summed E-state index contributed by atoms with van der Waals surface area (Å²) >= 11 is 1.60. The Kier molecular flexibility index (Phi) is 4.17. The van der Waals surface area contributed by atoms with E-state index < -0.39 is 0 Å². The van der Waals surface area contributed by atoms with Gasteiger partial charge in [0.15, 0.2) is 0 Å². The fraction of sp³-hybridized carbons (Fsp3) is 0.188. The van der Waals surface area contributed by atoms with Crippen LogP contribution in [-0.4, -0.2) is 5.91 Å². The fourth-order valence-electron chi connectivity index (χ4n) is 1.65. The minimum absolute atomic E-state index is 0.0955. The Hall–Kier alpha value is -1.87. The summed E-state index contributed by atoms with van der Waals surface area (Å²) in [5, 5.41) is 3.77. The highest BCUT2D eigenvalue weighted by molar-refractivity contribution is 7.16. The average Bonchev–Trinajstić information content (AvgIpc) is 2.67. The number of nitrogens with one attached hydrogen (secondary N) is 1. The molecule has 0 aliphatic carbocycles. The fourth-order valence-corrected chi connectivity index (χ4v) is 2.58. The van der Waals surface area contributed by atoms with Crippen LogP contribution in [0.5, 0.6) is 0 Å². The Morgan fingerprint density at radius 2 is 1.84 bits per heavy atom. The third-order valence-electron chi connectivity index (χ3n) is 2.92. The second kappa shape index (κ2) is 5.85. The van der Waals surface area contributed by atoms with Gasteiger partial charge in [-0.05, 0) is 44.0 Å². The first-order valence-electron chi connectivity index (χ1n) is 6.17. The molecule has 0 aliphatic heterocycles. The van der Waals surface area contributed by atoms with E-state index in [1.54, 1.807) is 17.4 Å². The Bertz CT molecular complexity index is 589. The van der Waals surface area contributed by atoms with E-state index in [0.717, 1.165) is 10.6 Å². The van der Waals surface area contributed by atoms with E-state index in [2.05, 4.69) is 12.2 Å². The van der Waals surface area contributed by atoms with Crippen LogP contribution in [0.15, 0.2) is 36.4 Å². The predicted molar refractivity (Wildman–Crippen MR) is 82.6 cm³/mol. The SMILES string of the molecule is Cc1ccc(/C=C/C(=O)Nc2cc(C)c(C)s2)cc1. The zero-order valence-electron chi connectivity index (χ0n) is 11.4. The molecule has 0 radical (unpaired) electrons. The molecule has 1 heterocycles. The highest BCUT2D eigenvalue weighted by Gasteiger charge is 2.03. The van der Waals surface area contributed by atoms with Gasteiger partial charge in [-0.15, -0.1) is 11.3 Å². The van der Waals surface area contributed by atoms with Crippen molar-refractivity contribution in [2.45, 2.75) is 20.8 Å². The standard InChI is InChI=1S/C16H17NOS/c1-11-4-6-14(7-5-11)8-9-15(18)17-16-10-12(2)13(3)19-16/h4-10H,1-3H3,(H,17,18)/b9-8+. The highest BCUT2D eigenvalue weighted by Crippen LogP contribution is 2.25. The van der Waals surface area contributed by atoms with Gasteiger partial charge in [-0.1, -0.05) is 29.8 Å². The summed E-state index contributed by atoms with van der Waals surface area (Å²) in [7, 11) is 0. The molecule has 0 atom stereocenters. The first-order valence-corrected chi connectivity index (χ1v) is 6.99. The van der Waals surface area contributed by atoms with E-state index >= 15 is 0 Å². The summed E-state index contributed by atoms with van der Waals surface area (Å²) < 4.78 is 0. The third kappa shape index (κ3) is 3.80. The number of hydrogen-bond acceptors (Lipinski definition) is 2. The summed E-state index contributed by atoms with van der Waals surface area (Å²) in [6.07, 6.45) is 3.39. The maximum absolute atomic E-state index is 11.8. The molecule has 19 heavy (non-hydrogen) atoms. The van der Waals surface area contributed by atoms with Crippen LogP contribution in [0.4, 0.5) is 5.00 Å². The molecule has 0 unspecified atom stereocenters. The minimum Gasteiger partial charge on any atom is -0.314 e. The highest BCUT2D eigenvalue weighted by atomic mass is 32.1. The minimum atomic E-state index is -0.0955. The molecule has 2 rings (SSSR count). The predicted octanol–water partition coefficient (Wildman–Crippen LogP) is 4.33. The molecular formula is C16H17NOS. The number of amides is 1. The quantitative estimate of drug-likeness (QED) is 0.827. The zero-order chi connectivity index (χ0) is 13.8. The maximum atomic E-state index is 11.8. The van der Waals surface area contributed by atoms with Crippen molar-refractivity contribution < 1.29 is 4.79 Å². The topological polar surface area (TPSA) is 29.1 Å². The van der Waals surface area contributed by atoms with E-state index in [4.69, 9.17) is 0 Å². The number of aryl methyl sites for hydroxylation is 3. The number of anilines is 1. The van der Waals surface area contributed by atoms with Crippen molar-refractivity contribution in [3.63, 3.8) is 0 Å². The molecule has 1 aromatic heterocycles. The molecule has 2 nitrogen and oxygen atoms in total. The Morgan fingerprint density at radius 1 is 1.16 bits per heavy atom. The van der Waals surface area contributed by atoms with Crippen LogP contribution in [0.2, 0.25) is 0 Å². The van der Waals surface area contributed by atoms with Gasteiger partial charge in [-0.25, -0.2) is 0 Å². The lowest BCUT2D eigenvalue weighted by atomic mass is 10.1. The summed E-state index contributed by atoms with van der Waals surface area (Å²) in [5.41, 5.74) is 3.45. The van der Waals surface area contributed by atoms with Crippen LogP contribution in [-0.2, 0) is 4.79 Å². The second-order valence-electron chi connectivity index (χ2n) is 4.58. The van der Waals surface area contributed by atoms with Gasteiger partial charge in [0.05, 0.1) is 5.00 Å².